The molecule has 19 heavy (non-hydrogen) atoms. The van der Waals surface area contributed by atoms with E-state index in [9.17, 15) is 9.90 Å². The van der Waals surface area contributed by atoms with Gasteiger partial charge in [0.1, 0.15) is 5.69 Å². The highest BCUT2D eigenvalue weighted by Crippen LogP contribution is 2.22. The number of hydrogen-bond acceptors (Lipinski definition) is 4. The van der Waals surface area contributed by atoms with Crippen LogP contribution in [0.15, 0.2) is 6.07 Å². The Hall–Kier alpha value is -1.40. The highest BCUT2D eigenvalue weighted by Gasteiger charge is 2.36. The molecule has 1 saturated heterocycles. The van der Waals surface area contributed by atoms with Gasteiger partial charge in [0, 0.05) is 20.1 Å². The molecule has 2 rings (SSSR count). The average Bonchev–Trinajstić information content (AvgIpc) is 2.65. The van der Waals surface area contributed by atoms with Crippen molar-refractivity contribution in [1.29, 1.82) is 0 Å². The highest BCUT2D eigenvalue weighted by molar-refractivity contribution is 5.92. The molecule has 2 heterocycles. The van der Waals surface area contributed by atoms with Crippen LogP contribution in [-0.2, 0) is 11.8 Å². The second-order valence-corrected chi connectivity index (χ2v) is 5.66. The van der Waals surface area contributed by atoms with Gasteiger partial charge in [-0.15, -0.1) is 0 Å². The monoisotopic (exact) mass is 267 g/mol. The number of hydrogen-bond donors (Lipinski definition) is 1. The number of aliphatic hydroxyl groups excluding tert-OH is 1. The molecule has 0 aromatic carbocycles. The van der Waals surface area contributed by atoms with Crippen LogP contribution < -0.4 is 0 Å². The van der Waals surface area contributed by atoms with Crippen LogP contribution >= 0.6 is 0 Å². The van der Waals surface area contributed by atoms with Crippen molar-refractivity contribution in [2.45, 2.75) is 32.5 Å². The number of nitrogens with zero attached hydrogens (tertiary/aromatic N) is 3. The first kappa shape index (κ1) is 14.0. The van der Waals surface area contributed by atoms with Crippen molar-refractivity contribution in [2.24, 2.45) is 7.05 Å². The quantitative estimate of drug-likeness (QED) is 0.839. The molecule has 0 saturated carbocycles. The summed E-state index contributed by atoms with van der Waals surface area (Å²) in [6, 6.07) is 1.78. The van der Waals surface area contributed by atoms with E-state index in [1.165, 1.54) is 0 Å². The predicted molar refractivity (Wildman–Crippen MR) is 69.9 cm³/mol. The summed E-state index contributed by atoms with van der Waals surface area (Å²) in [5.41, 5.74) is 0.929. The topological polar surface area (TPSA) is 67.6 Å². The first-order valence-corrected chi connectivity index (χ1v) is 6.41. The minimum absolute atomic E-state index is 0.0714. The number of carbonyl (C=O) groups is 1. The van der Waals surface area contributed by atoms with Crippen LogP contribution in [0.3, 0.4) is 0 Å². The van der Waals surface area contributed by atoms with E-state index in [1.807, 2.05) is 20.8 Å². The zero-order chi connectivity index (χ0) is 14.2. The molecule has 1 atom stereocenters. The Kier molecular flexibility index (Phi) is 3.64. The molecule has 1 aromatic rings. The lowest BCUT2D eigenvalue weighted by Crippen LogP contribution is -2.55. The third-order valence-electron chi connectivity index (χ3n) is 3.19. The molecule has 1 aromatic heterocycles. The molecule has 106 valence electrons. The lowest BCUT2D eigenvalue weighted by Gasteiger charge is -2.42. The normalized spacial score (nSPS) is 22.6. The molecule has 6 nitrogen and oxygen atoms in total. The third kappa shape index (κ3) is 2.96. The van der Waals surface area contributed by atoms with Gasteiger partial charge < -0.3 is 14.7 Å². The van der Waals surface area contributed by atoms with E-state index in [0.717, 1.165) is 5.69 Å². The molecule has 1 amide bonds. The fraction of sp³-hybridized carbons (Fsp3) is 0.692. The van der Waals surface area contributed by atoms with Crippen molar-refractivity contribution < 1.29 is 14.6 Å². The largest absolute Gasteiger partial charge is 0.394 e. The standard InChI is InChI=1S/C13H21N3O3/c1-9-5-11(15(4)14-9)12(18)16-6-10(7-17)19-13(2,3)8-16/h5,10,17H,6-8H2,1-4H3. The van der Waals surface area contributed by atoms with Crippen LogP contribution in [0.2, 0.25) is 0 Å². The summed E-state index contributed by atoms with van der Waals surface area (Å²) < 4.78 is 7.30. The molecule has 0 aliphatic carbocycles. The van der Waals surface area contributed by atoms with Crippen LogP contribution in [0, 0.1) is 6.92 Å². The Morgan fingerprint density at radius 1 is 1.63 bits per heavy atom. The second-order valence-electron chi connectivity index (χ2n) is 5.66. The predicted octanol–water partition coefficient (Wildman–Crippen LogP) is 0.340. The van der Waals surface area contributed by atoms with Crippen LogP contribution in [0.5, 0.6) is 0 Å². The summed E-state index contributed by atoms with van der Waals surface area (Å²) >= 11 is 0. The minimum atomic E-state index is -0.449. The van der Waals surface area contributed by atoms with E-state index in [-0.39, 0.29) is 18.6 Å². The van der Waals surface area contributed by atoms with Gasteiger partial charge in [-0.25, -0.2) is 0 Å². The Bertz CT molecular complexity index is 481. The number of aryl methyl sites for hydroxylation is 2. The van der Waals surface area contributed by atoms with Crippen LogP contribution in [-0.4, -0.2) is 57.1 Å². The first-order valence-electron chi connectivity index (χ1n) is 6.41. The lowest BCUT2D eigenvalue weighted by molar-refractivity contribution is -0.139. The molecular weight excluding hydrogens is 246 g/mol. The maximum absolute atomic E-state index is 12.5. The van der Waals surface area contributed by atoms with Gasteiger partial charge in [0.15, 0.2) is 0 Å². The number of morpholine rings is 1. The van der Waals surface area contributed by atoms with E-state index in [2.05, 4.69) is 5.10 Å². The van der Waals surface area contributed by atoms with E-state index in [4.69, 9.17) is 4.74 Å². The van der Waals surface area contributed by atoms with Crippen molar-refractivity contribution >= 4 is 5.91 Å². The van der Waals surface area contributed by atoms with Gasteiger partial charge in [-0.1, -0.05) is 0 Å². The SMILES string of the molecule is Cc1cc(C(=O)N2CC(CO)OC(C)(C)C2)n(C)n1. The molecule has 0 radical (unpaired) electrons. The van der Waals surface area contributed by atoms with Gasteiger partial charge in [0.25, 0.3) is 5.91 Å². The summed E-state index contributed by atoms with van der Waals surface area (Å²) in [5, 5.41) is 13.5. The van der Waals surface area contributed by atoms with Gasteiger partial charge in [-0.2, -0.15) is 5.10 Å². The van der Waals surface area contributed by atoms with Gasteiger partial charge in [-0.05, 0) is 26.8 Å². The number of aliphatic hydroxyl groups is 1. The fourth-order valence-electron chi connectivity index (χ4n) is 2.52. The zero-order valence-corrected chi connectivity index (χ0v) is 11.9. The molecule has 1 aliphatic rings. The number of carbonyl (C=O) groups excluding carboxylic acids is 1. The molecule has 1 unspecified atom stereocenters. The van der Waals surface area contributed by atoms with Crippen molar-refractivity contribution in [1.82, 2.24) is 14.7 Å². The molecule has 1 N–H and O–H groups in total. The number of rotatable bonds is 2. The highest BCUT2D eigenvalue weighted by atomic mass is 16.5. The van der Waals surface area contributed by atoms with E-state index >= 15 is 0 Å². The Labute approximate surface area is 113 Å². The Balaban J connectivity index is 2.21. The van der Waals surface area contributed by atoms with Crippen molar-refractivity contribution in [3.63, 3.8) is 0 Å². The van der Waals surface area contributed by atoms with Gasteiger partial charge in [-0.3, -0.25) is 9.48 Å². The number of amides is 1. The summed E-state index contributed by atoms with van der Waals surface area (Å²) in [6.45, 7) is 6.52. The van der Waals surface area contributed by atoms with Crippen LogP contribution in [0.4, 0.5) is 0 Å². The number of aromatic nitrogens is 2. The molecule has 1 fully saturated rings. The Morgan fingerprint density at radius 2 is 2.32 bits per heavy atom. The average molecular weight is 267 g/mol. The lowest BCUT2D eigenvalue weighted by atomic mass is 10.0. The Morgan fingerprint density at radius 3 is 2.84 bits per heavy atom. The number of ether oxygens (including phenoxy) is 1. The van der Waals surface area contributed by atoms with E-state index in [0.29, 0.717) is 18.8 Å². The smallest absolute Gasteiger partial charge is 0.272 e. The molecular formula is C13H21N3O3. The second kappa shape index (κ2) is 4.94. The van der Waals surface area contributed by atoms with Crippen LogP contribution in [0.25, 0.3) is 0 Å². The van der Waals surface area contributed by atoms with Gasteiger partial charge in [0.2, 0.25) is 0 Å². The molecule has 0 spiro atoms. The zero-order valence-electron chi connectivity index (χ0n) is 11.9. The molecule has 1 aliphatic heterocycles. The maximum Gasteiger partial charge on any atom is 0.272 e. The summed E-state index contributed by atoms with van der Waals surface area (Å²) in [6.07, 6.45) is -0.331. The van der Waals surface area contributed by atoms with E-state index in [1.54, 1.807) is 22.7 Å². The maximum atomic E-state index is 12.5. The van der Waals surface area contributed by atoms with Gasteiger partial charge >= 0.3 is 0 Å². The molecule has 0 bridgehead atoms. The summed E-state index contributed by atoms with van der Waals surface area (Å²) in [5.74, 6) is -0.0714. The third-order valence-corrected chi connectivity index (χ3v) is 3.19. The summed E-state index contributed by atoms with van der Waals surface area (Å²) in [7, 11) is 1.76. The fourth-order valence-corrected chi connectivity index (χ4v) is 2.52. The minimum Gasteiger partial charge on any atom is -0.394 e. The van der Waals surface area contributed by atoms with Crippen molar-refractivity contribution in [3.05, 3.63) is 17.5 Å². The first-order chi connectivity index (χ1) is 8.82. The van der Waals surface area contributed by atoms with Crippen molar-refractivity contribution in [3.8, 4) is 0 Å². The van der Waals surface area contributed by atoms with E-state index < -0.39 is 5.60 Å². The molecule has 6 heteroatoms. The summed E-state index contributed by atoms with van der Waals surface area (Å²) in [4.78, 5) is 14.2. The van der Waals surface area contributed by atoms with Gasteiger partial charge in [0.05, 0.1) is 24.0 Å². The van der Waals surface area contributed by atoms with Crippen molar-refractivity contribution in [2.75, 3.05) is 19.7 Å². The van der Waals surface area contributed by atoms with Crippen LogP contribution in [0.1, 0.15) is 30.0 Å².